The third-order valence-corrected chi connectivity index (χ3v) is 8.10. The van der Waals surface area contributed by atoms with E-state index in [9.17, 15) is 14.3 Å². The van der Waals surface area contributed by atoms with E-state index in [2.05, 4.69) is 25.1 Å². The minimum absolute atomic E-state index is 0.124. The fourth-order valence-corrected chi connectivity index (χ4v) is 6.49. The van der Waals surface area contributed by atoms with E-state index in [0.29, 0.717) is 22.3 Å². The molecule has 3 aliphatic carbocycles. The molecule has 7 nitrogen and oxygen atoms in total. The normalized spacial score (nSPS) is 24.1. The first-order valence-corrected chi connectivity index (χ1v) is 12.3. The number of rotatable bonds is 5. The Balaban J connectivity index is 1.49. The van der Waals surface area contributed by atoms with Crippen molar-refractivity contribution in [2.24, 2.45) is 23.7 Å². The number of pyridine rings is 1. The van der Waals surface area contributed by atoms with Crippen LogP contribution in [0.4, 0.5) is 8.78 Å². The van der Waals surface area contributed by atoms with E-state index in [1.165, 1.54) is 17.4 Å². The van der Waals surface area contributed by atoms with Gasteiger partial charge in [-0.1, -0.05) is 0 Å². The molecule has 0 radical (unpaired) electrons. The van der Waals surface area contributed by atoms with Crippen molar-refractivity contribution < 1.29 is 18.7 Å². The molecule has 0 amide bonds. The molecule has 34 heavy (non-hydrogen) atoms. The van der Waals surface area contributed by atoms with E-state index in [1.54, 1.807) is 11.4 Å². The minimum atomic E-state index is -0.812. The molecule has 2 bridgehead atoms. The summed E-state index contributed by atoms with van der Waals surface area (Å²) < 4.78 is 29.7. The van der Waals surface area contributed by atoms with Gasteiger partial charge in [-0.05, 0) is 67.4 Å². The van der Waals surface area contributed by atoms with Gasteiger partial charge in [-0.2, -0.15) is 16.4 Å². The van der Waals surface area contributed by atoms with Crippen LogP contribution in [0.25, 0.3) is 33.8 Å². The van der Waals surface area contributed by atoms with Crippen LogP contribution in [0.15, 0.2) is 29.1 Å². The van der Waals surface area contributed by atoms with Gasteiger partial charge in [-0.25, -0.2) is 23.7 Å². The number of aliphatic carboxylic acids is 1. The van der Waals surface area contributed by atoms with E-state index >= 15 is 4.39 Å². The molecular weight excluding hydrogens is 460 g/mol. The first-order chi connectivity index (χ1) is 16.5. The Kier molecular flexibility index (Phi) is 5.13. The first-order valence-electron chi connectivity index (χ1n) is 11.3. The number of hydrogen-bond acceptors (Lipinski definition) is 6. The Hall–Kier alpha value is -3.27. The molecule has 4 aromatic heterocycles. The second-order valence-electron chi connectivity index (χ2n) is 9.20. The molecule has 7 rings (SSSR count). The highest BCUT2D eigenvalue weighted by Gasteiger charge is 2.47. The Bertz CT molecular complexity index is 1380. The molecule has 0 saturated heterocycles. The number of halogens is 2. The summed E-state index contributed by atoms with van der Waals surface area (Å²) in [6.07, 6.45) is 5.04. The van der Waals surface area contributed by atoms with Gasteiger partial charge < -0.3 is 5.11 Å². The number of nitrogens with one attached hydrogen (secondary N) is 1. The van der Waals surface area contributed by atoms with E-state index in [-0.39, 0.29) is 41.4 Å². The predicted octanol–water partition coefficient (Wildman–Crippen LogP) is 5.10. The molecule has 2 N–H and O–H groups in total. The highest BCUT2D eigenvalue weighted by atomic mass is 32.1. The molecule has 174 valence electrons. The number of carbonyl (C=O) groups is 1. The fraction of sp³-hybridized carbons (Fsp3) is 0.375. The molecule has 3 aliphatic rings. The molecule has 0 aliphatic heterocycles. The van der Waals surface area contributed by atoms with Gasteiger partial charge in [-0.15, -0.1) is 0 Å². The number of aromatic amines is 1. The van der Waals surface area contributed by atoms with Crippen molar-refractivity contribution in [3.05, 3.63) is 46.4 Å². The smallest absolute Gasteiger partial charge is 0.307 e. The topological polar surface area (TPSA) is 105 Å². The summed E-state index contributed by atoms with van der Waals surface area (Å²) in [6.45, 7) is 0. The first kappa shape index (κ1) is 21.3. The van der Waals surface area contributed by atoms with Crippen molar-refractivity contribution in [3.8, 4) is 22.8 Å². The summed E-state index contributed by atoms with van der Waals surface area (Å²) in [4.78, 5) is 25.1. The van der Waals surface area contributed by atoms with Crippen LogP contribution >= 0.6 is 11.3 Å². The third kappa shape index (κ3) is 3.48. The lowest BCUT2D eigenvalue weighted by Gasteiger charge is -2.46. The zero-order valence-corrected chi connectivity index (χ0v) is 18.9. The summed E-state index contributed by atoms with van der Waals surface area (Å²) >= 11 is 1.42. The van der Waals surface area contributed by atoms with Crippen LogP contribution in [0.2, 0.25) is 0 Å². The molecule has 0 spiro atoms. The van der Waals surface area contributed by atoms with Gasteiger partial charge in [0.2, 0.25) is 0 Å². The van der Waals surface area contributed by atoms with Crippen LogP contribution in [0.5, 0.6) is 0 Å². The largest absolute Gasteiger partial charge is 0.481 e. The molecule has 4 heterocycles. The van der Waals surface area contributed by atoms with E-state index in [1.807, 2.05) is 5.38 Å². The number of carboxylic acids is 1. The number of thiophene rings is 1. The summed E-state index contributed by atoms with van der Waals surface area (Å²) in [5, 5.41) is 20.9. The molecule has 0 aromatic carbocycles. The van der Waals surface area contributed by atoms with Crippen LogP contribution in [0, 0.1) is 35.3 Å². The van der Waals surface area contributed by atoms with Gasteiger partial charge in [0.15, 0.2) is 17.3 Å². The molecule has 10 heteroatoms. The van der Waals surface area contributed by atoms with Crippen molar-refractivity contribution in [1.82, 2.24) is 25.1 Å². The van der Waals surface area contributed by atoms with Gasteiger partial charge in [0.1, 0.15) is 17.2 Å². The second kappa shape index (κ2) is 8.19. The van der Waals surface area contributed by atoms with Crippen molar-refractivity contribution in [1.29, 1.82) is 0 Å². The second-order valence-corrected chi connectivity index (χ2v) is 9.98. The van der Waals surface area contributed by atoms with E-state index in [0.717, 1.165) is 31.9 Å². The van der Waals surface area contributed by atoms with Crippen LogP contribution in [0.1, 0.15) is 31.4 Å². The van der Waals surface area contributed by atoms with Crippen molar-refractivity contribution in [2.75, 3.05) is 0 Å². The molecule has 3 fully saturated rings. The van der Waals surface area contributed by atoms with E-state index in [4.69, 9.17) is 0 Å². The zero-order valence-electron chi connectivity index (χ0n) is 18.0. The third-order valence-electron chi connectivity index (χ3n) is 7.42. The van der Waals surface area contributed by atoms with E-state index < -0.39 is 23.5 Å². The van der Waals surface area contributed by atoms with Crippen LogP contribution in [0.3, 0.4) is 0 Å². The number of aromatic nitrogens is 5. The lowest BCUT2D eigenvalue weighted by atomic mass is 9.57. The SMILES string of the molecule is O=C(O)[C@H]1C2CCC(CC2)[C@@H]1Cc1nc(-c2[nH]nc3ncc(F)cc23)nc(-c2ccsc2)c1F. The molecule has 0 unspecified atom stereocenters. The maximum Gasteiger partial charge on any atom is 0.307 e. The lowest BCUT2D eigenvalue weighted by Crippen LogP contribution is -2.45. The Morgan fingerprint density at radius 3 is 2.71 bits per heavy atom. The van der Waals surface area contributed by atoms with Crippen molar-refractivity contribution in [2.45, 2.75) is 32.1 Å². The van der Waals surface area contributed by atoms with Crippen LogP contribution in [-0.2, 0) is 11.2 Å². The number of fused-ring (bicyclic) bond motifs is 4. The van der Waals surface area contributed by atoms with Gasteiger partial charge in [-0.3, -0.25) is 9.89 Å². The monoisotopic (exact) mass is 481 g/mol. The molecule has 3 saturated carbocycles. The summed E-state index contributed by atoms with van der Waals surface area (Å²) in [7, 11) is 0. The minimum Gasteiger partial charge on any atom is -0.481 e. The Morgan fingerprint density at radius 1 is 1.18 bits per heavy atom. The highest BCUT2D eigenvalue weighted by molar-refractivity contribution is 7.08. The van der Waals surface area contributed by atoms with Crippen molar-refractivity contribution >= 4 is 28.3 Å². The van der Waals surface area contributed by atoms with Gasteiger partial charge in [0.25, 0.3) is 0 Å². The fourth-order valence-electron chi connectivity index (χ4n) is 5.85. The number of hydrogen-bond donors (Lipinski definition) is 2. The predicted molar refractivity (Wildman–Crippen MR) is 122 cm³/mol. The lowest BCUT2D eigenvalue weighted by molar-refractivity contribution is -0.152. The maximum absolute atomic E-state index is 15.8. The molecular formula is C24H21F2N5O2S. The van der Waals surface area contributed by atoms with Crippen LogP contribution in [-0.4, -0.2) is 36.2 Å². The quantitative estimate of drug-likeness (QED) is 0.411. The Morgan fingerprint density at radius 2 is 1.97 bits per heavy atom. The summed E-state index contributed by atoms with van der Waals surface area (Å²) in [5.41, 5.74) is 1.59. The van der Waals surface area contributed by atoms with Crippen molar-refractivity contribution in [3.63, 3.8) is 0 Å². The van der Waals surface area contributed by atoms with Gasteiger partial charge in [0, 0.05) is 10.9 Å². The summed E-state index contributed by atoms with van der Waals surface area (Å²) in [6, 6.07) is 3.07. The standard InChI is InChI=1S/C24H21F2N5O2S/c25-14-7-16-21(30-31-22(16)27-9-14)23-28-17(19(26)20(29-23)13-5-6-34-10-13)8-15-11-1-3-12(4-2-11)18(15)24(32)33/h5-7,9-12,15,18H,1-4,8H2,(H,32,33)(H,27,30,31)/t11?,12?,15-,18-/m0/s1. The average molecular weight is 482 g/mol. The van der Waals surface area contributed by atoms with Crippen LogP contribution < -0.4 is 0 Å². The number of H-pyrrole nitrogens is 1. The Labute approximate surface area is 197 Å². The van der Waals surface area contributed by atoms with Gasteiger partial charge in [0.05, 0.1) is 23.2 Å². The average Bonchev–Trinajstić information content (AvgIpc) is 3.51. The number of nitrogens with zero attached hydrogens (tertiary/aromatic N) is 4. The maximum atomic E-state index is 15.8. The highest BCUT2D eigenvalue weighted by Crippen LogP contribution is 2.50. The summed E-state index contributed by atoms with van der Waals surface area (Å²) in [5.74, 6) is -2.03. The zero-order chi connectivity index (χ0) is 23.4. The molecule has 4 aromatic rings. The van der Waals surface area contributed by atoms with Gasteiger partial charge >= 0.3 is 5.97 Å². The number of carboxylic acid groups (broad SMARTS) is 1. The molecule has 2 atom stereocenters.